The number of nitrogens with zero attached hydrogens (tertiary/aromatic N) is 1. The van der Waals surface area contributed by atoms with Gasteiger partial charge in [0.05, 0.1) is 17.3 Å². The molecule has 0 saturated carbocycles. The summed E-state index contributed by atoms with van der Waals surface area (Å²) < 4.78 is 14.1. The second kappa shape index (κ2) is 6.93. The molecule has 6 heteroatoms. The van der Waals surface area contributed by atoms with Crippen LogP contribution in [0.25, 0.3) is 6.08 Å². The Morgan fingerprint density at radius 2 is 1.83 bits per heavy atom. The molecule has 3 nitrogen and oxygen atoms in total. The summed E-state index contributed by atoms with van der Waals surface area (Å²) in [7, 11) is 0. The van der Waals surface area contributed by atoms with Crippen molar-refractivity contribution in [2.75, 3.05) is 12.0 Å². The average molecular weight is 344 g/mol. The first-order valence-electron chi connectivity index (χ1n) is 6.94. The molecule has 1 aliphatic rings. The molecule has 2 aromatic carbocycles. The van der Waals surface area contributed by atoms with E-state index in [1.54, 1.807) is 18.2 Å². The third-order valence-corrected chi connectivity index (χ3v) is 4.65. The lowest BCUT2D eigenvalue weighted by Crippen LogP contribution is -2.33. The summed E-state index contributed by atoms with van der Waals surface area (Å²) in [5.74, 6) is -0.537. The molecule has 1 amide bonds. The van der Waals surface area contributed by atoms with E-state index in [1.165, 1.54) is 22.7 Å². The Labute approximate surface area is 143 Å². The molecule has 2 aromatic rings. The van der Waals surface area contributed by atoms with Crippen molar-refractivity contribution >= 4 is 46.0 Å². The van der Waals surface area contributed by atoms with Gasteiger partial charge in [-0.1, -0.05) is 66.4 Å². The molecule has 0 unspecified atom stereocenters. The summed E-state index contributed by atoms with van der Waals surface area (Å²) in [6, 6.07) is 15.9. The standard InChI is InChI=1S/C17H13FN2OS2/c18-13-8-4-5-9-14(13)19-11-20-16(21)15(23-17(20)22)10-12-6-2-1-3-7-12/h1-10,19H,11H2. The smallest absolute Gasteiger partial charge is 0.267 e. The highest BCUT2D eigenvalue weighted by atomic mass is 32.2. The molecule has 23 heavy (non-hydrogen) atoms. The largest absolute Gasteiger partial charge is 0.365 e. The van der Waals surface area contributed by atoms with E-state index in [0.29, 0.717) is 14.9 Å². The van der Waals surface area contributed by atoms with Crippen LogP contribution in [0.5, 0.6) is 0 Å². The van der Waals surface area contributed by atoms with E-state index >= 15 is 0 Å². The van der Waals surface area contributed by atoms with Crippen LogP contribution >= 0.6 is 24.0 Å². The van der Waals surface area contributed by atoms with E-state index in [-0.39, 0.29) is 18.4 Å². The molecule has 0 atom stereocenters. The zero-order valence-corrected chi connectivity index (χ0v) is 13.7. The van der Waals surface area contributed by atoms with Gasteiger partial charge in [-0.05, 0) is 23.8 Å². The Bertz CT molecular complexity index is 777. The summed E-state index contributed by atoms with van der Waals surface area (Å²) in [6.45, 7) is 0.137. The maximum Gasteiger partial charge on any atom is 0.267 e. The van der Waals surface area contributed by atoms with Crippen molar-refractivity contribution in [1.82, 2.24) is 4.90 Å². The van der Waals surface area contributed by atoms with Gasteiger partial charge < -0.3 is 5.32 Å². The van der Waals surface area contributed by atoms with Crippen LogP contribution in [0.2, 0.25) is 0 Å². The molecule has 1 saturated heterocycles. The van der Waals surface area contributed by atoms with Gasteiger partial charge in [0.15, 0.2) is 0 Å². The molecule has 3 rings (SSSR count). The summed E-state index contributed by atoms with van der Waals surface area (Å²) in [6.07, 6.45) is 1.81. The van der Waals surface area contributed by atoms with Crippen molar-refractivity contribution in [1.29, 1.82) is 0 Å². The minimum Gasteiger partial charge on any atom is -0.365 e. The molecule has 0 bridgehead atoms. The number of amides is 1. The van der Waals surface area contributed by atoms with Gasteiger partial charge in [0.25, 0.3) is 5.91 Å². The minimum absolute atomic E-state index is 0.137. The number of nitrogens with one attached hydrogen (secondary N) is 1. The van der Waals surface area contributed by atoms with Crippen LogP contribution in [-0.2, 0) is 4.79 Å². The minimum atomic E-state index is -0.363. The molecular weight excluding hydrogens is 331 g/mol. The van der Waals surface area contributed by atoms with E-state index in [2.05, 4.69) is 5.32 Å². The van der Waals surface area contributed by atoms with E-state index in [0.717, 1.165) is 5.56 Å². The van der Waals surface area contributed by atoms with E-state index in [1.807, 2.05) is 36.4 Å². The van der Waals surface area contributed by atoms with Crippen molar-refractivity contribution in [3.63, 3.8) is 0 Å². The zero-order valence-electron chi connectivity index (χ0n) is 12.0. The van der Waals surface area contributed by atoms with E-state index < -0.39 is 0 Å². The molecule has 0 spiro atoms. The van der Waals surface area contributed by atoms with Crippen LogP contribution in [0.4, 0.5) is 10.1 Å². The second-order valence-corrected chi connectivity index (χ2v) is 6.51. The maximum absolute atomic E-state index is 13.6. The third kappa shape index (κ3) is 3.60. The molecule has 116 valence electrons. The van der Waals surface area contributed by atoms with Crippen molar-refractivity contribution in [2.24, 2.45) is 0 Å². The first-order valence-corrected chi connectivity index (χ1v) is 8.16. The molecule has 0 aromatic heterocycles. The highest BCUT2D eigenvalue weighted by molar-refractivity contribution is 8.26. The van der Waals surface area contributed by atoms with Gasteiger partial charge in [0.1, 0.15) is 10.1 Å². The molecule has 1 aliphatic heterocycles. The van der Waals surface area contributed by atoms with Gasteiger partial charge in [-0.15, -0.1) is 0 Å². The number of rotatable bonds is 4. The van der Waals surface area contributed by atoms with Gasteiger partial charge >= 0.3 is 0 Å². The van der Waals surface area contributed by atoms with Gasteiger partial charge in [-0.3, -0.25) is 9.69 Å². The number of halogens is 1. The predicted molar refractivity (Wildman–Crippen MR) is 96.3 cm³/mol. The number of hydrogen-bond acceptors (Lipinski definition) is 4. The summed E-state index contributed by atoms with van der Waals surface area (Å²) in [5.41, 5.74) is 1.28. The highest BCUT2D eigenvalue weighted by Crippen LogP contribution is 2.32. The summed E-state index contributed by atoms with van der Waals surface area (Å²) in [4.78, 5) is 14.4. The molecule has 1 heterocycles. The second-order valence-electron chi connectivity index (χ2n) is 4.84. The number of benzene rings is 2. The first-order chi connectivity index (χ1) is 11.1. The Morgan fingerprint density at radius 3 is 2.57 bits per heavy atom. The number of carbonyl (C=O) groups excluding carboxylic acids is 1. The molecule has 1 N–H and O–H groups in total. The van der Waals surface area contributed by atoms with Gasteiger partial charge in [-0.2, -0.15) is 0 Å². The monoisotopic (exact) mass is 344 g/mol. The normalized spacial score (nSPS) is 16.2. The molecular formula is C17H13FN2OS2. The van der Waals surface area contributed by atoms with Crippen molar-refractivity contribution < 1.29 is 9.18 Å². The van der Waals surface area contributed by atoms with Crippen LogP contribution in [0.3, 0.4) is 0 Å². The fourth-order valence-electron chi connectivity index (χ4n) is 2.11. The lowest BCUT2D eigenvalue weighted by molar-refractivity contribution is -0.121. The fourth-order valence-corrected chi connectivity index (χ4v) is 3.36. The topological polar surface area (TPSA) is 32.3 Å². The van der Waals surface area contributed by atoms with E-state index in [9.17, 15) is 9.18 Å². The Kier molecular flexibility index (Phi) is 4.73. The van der Waals surface area contributed by atoms with Gasteiger partial charge in [-0.25, -0.2) is 4.39 Å². The van der Waals surface area contributed by atoms with Gasteiger partial charge in [0, 0.05) is 0 Å². The first kappa shape index (κ1) is 15.7. The van der Waals surface area contributed by atoms with Gasteiger partial charge in [0.2, 0.25) is 0 Å². The molecule has 0 radical (unpaired) electrons. The lowest BCUT2D eigenvalue weighted by Gasteiger charge is -2.16. The predicted octanol–water partition coefficient (Wildman–Crippen LogP) is 4.10. The Balaban J connectivity index is 1.72. The van der Waals surface area contributed by atoms with Crippen LogP contribution in [0, 0.1) is 5.82 Å². The SMILES string of the molecule is O=C1C(=Cc2ccccc2)SC(=S)N1CNc1ccccc1F. The number of carbonyl (C=O) groups is 1. The highest BCUT2D eigenvalue weighted by Gasteiger charge is 2.31. The fraction of sp³-hybridized carbons (Fsp3) is 0.0588. The van der Waals surface area contributed by atoms with Crippen molar-refractivity contribution in [3.8, 4) is 0 Å². The molecule has 1 fully saturated rings. The molecule has 0 aliphatic carbocycles. The van der Waals surface area contributed by atoms with Crippen LogP contribution in [0.15, 0.2) is 59.5 Å². The summed E-state index contributed by atoms with van der Waals surface area (Å²) in [5, 5.41) is 2.90. The maximum atomic E-state index is 13.6. The van der Waals surface area contributed by atoms with E-state index in [4.69, 9.17) is 12.2 Å². The lowest BCUT2D eigenvalue weighted by atomic mass is 10.2. The van der Waals surface area contributed by atoms with Crippen LogP contribution in [0.1, 0.15) is 5.56 Å². The number of hydrogen-bond donors (Lipinski definition) is 1. The van der Waals surface area contributed by atoms with Crippen LogP contribution < -0.4 is 5.32 Å². The average Bonchev–Trinajstić information content (AvgIpc) is 2.82. The number of thioether (sulfide) groups is 1. The van der Waals surface area contributed by atoms with Crippen molar-refractivity contribution in [2.45, 2.75) is 0 Å². The summed E-state index contributed by atoms with van der Waals surface area (Å²) >= 11 is 6.50. The van der Waals surface area contributed by atoms with Crippen molar-refractivity contribution in [3.05, 3.63) is 70.9 Å². The number of para-hydroxylation sites is 1. The van der Waals surface area contributed by atoms with Crippen LogP contribution in [-0.4, -0.2) is 21.8 Å². The Morgan fingerprint density at radius 1 is 1.13 bits per heavy atom. The zero-order chi connectivity index (χ0) is 16.2. The quantitative estimate of drug-likeness (QED) is 0.669. The number of anilines is 1. The Hall–Kier alpha value is -2.18. The number of thiocarbonyl (C=S) groups is 1. The third-order valence-electron chi connectivity index (χ3n) is 3.27.